The lowest BCUT2D eigenvalue weighted by Gasteiger charge is -2.17. The number of nitrogens with zero attached hydrogens (tertiary/aromatic N) is 1. The van der Waals surface area contributed by atoms with E-state index in [0.717, 1.165) is 11.3 Å². The van der Waals surface area contributed by atoms with Crippen molar-refractivity contribution in [2.24, 2.45) is 0 Å². The minimum atomic E-state index is -0.551. The number of hydrogen-bond acceptors (Lipinski definition) is 2. The molecule has 0 saturated heterocycles. The third kappa shape index (κ3) is 2.89. The minimum Gasteiger partial charge on any atom is -0.389 e. The predicted molar refractivity (Wildman–Crippen MR) is 64.2 cm³/mol. The van der Waals surface area contributed by atoms with Crippen LogP contribution in [0.1, 0.15) is 18.6 Å². The van der Waals surface area contributed by atoms with Crippen molar-refractivity contribution in [2.45, 2.75) is 13.0 Å². The first-order valence-electron chi connectivity index (χ1n) is 4.68. The van der Waals surface area contributed by atoms with Crippen LogP contribution in [-0.4, -0.2) is 18.7 Å². The summed E-state index contributed by atoms with van der Waals surface area (Å²) in [7, 11) is 1.90. The smallest absolute Gasteiger partial charge is 0.0788 e. The average Bonchev–Trinajstić information content (AvgIpc) is 2.17. The molecule has 3 heteroatoms. The molecule has 0 bridgehead atoms. The zero-order valence-corrected chi connectivity index (χ0v) is 9.62. The van der Waals surface area contributed by atoms with Crippen molar-refractivity contribution >= 4 is 17.3 Å². The molecule has 80 valence electrons. The fourth-order valence-electron chi connectivity index (χ4n) is 1.32. The molecule has 0 aromatic heterocycles. The van der Waals surface area contributed by atoms with Gasteiger partial charge >= 0.3 is 0 Å². The van der Waals surface area contributed by atoms with E-state index in [1.807, 2.05) is 24.1 Å². The molecule has 0 fully saturated rings. The van der Waals surface area contributed by atoms with E-state index in [4.69, 9.17) is 18.0 Å². The van der Waals surface area contributed by atoms with Crippen LogP contribution in [0.4, 0.5) is 5.69 Å². The molecule has 1 unspecified atom stereocenters. The first-order chi connectivity index (χ1) is 7.06. The highest BCUT2D eigenvalue weighted by Gasteiger charge is 2.08. The number of aliphatic hydroxyl groups excluding tert-OH is 1. The molecule has 1 rings (SSSR count). The number of rotatable bonds is 3. The molecular formula is C12H14ClNO. The molecule has 0 aliphatic heterocycles. The van der Waals surface area contributed by atoms with Crippen LogP contribution in [-0.2, 0) is 0 Å². The molecule has 0 radical (unpaired) electrons. The van der Waals surface area contributed by atoms with Gasteiger partial charge in [-0.3, -0.25) is 0 Å². The Hall–Kier alpha value is -1.17. The molecule has 1 aromatic rings. The van der Waals surface area contributed by atoms with Gasteiger partial charge in [0.2, 0.25) is 0 Å². The summed E-state index contributed by atoms with van der Waals surface area (Å²) in [5.41, 5.74) is 1.68. The molecule has 1 aromatic carbocycles. The first-order valence-corrected chi connectivity index (χ1v) is 5.06. The quantitative estimate of drug-likeness (QED) is 0.796. The Morgan fingerprint density at radius 2 is 2.27 bits per heavy atom. The fraction of sp³-hybridized carbons (Fsp3) is 0.333. The van der Waals surface area contributed by atoms with Gasteiger partial charge in [-0.1, -0.05) is 23.6 Å². The van der Waals surface area contributed by atoms with Gasteiger partial charge in [0.1, 0.15) is 0 Å². The standard InChI is InChI=1S/C12H14ClNO/c1-4-7-14(3)10-5-6-11(9(2)15)12(13)8-10/h1,5-6,8-9,15H,7H2,2-3H3. The van der Waals surface area contributed by atoms with E-state index in [0.29, 0.717) is 11.6 Å². The Labute approximate surface area is 95.5 Å². The maximum atomic E-state index is 9.41. The lowest BCUT2D eigenvalue weighted by molar-refractivity contribution is 0.199. The van der Waals surface area contributed by atoms with Gasteiger partial charge in [0.15, 0.2) is 0 Å². The van der Waals surface area contributed by atoms with E-state index >= 15 is 0 Å². The van der Waals surface area contributed by atoms with E-state index < -0.39 is 6.10 Å². The average molecular weight is 224 g/mol. The first kappa shape index (κ1) is 11.9. The Kier molecular flexibility index (Phi) is 4.02. The van der Waals surface area contributed by atoms with Crippen LogP contribution in [0.25, 0.3) is 0 Å². The van der Waals surface area contributed by atoms with Crippen molar-refractivity contribution in [2.75, 3.05) is 18.5 Å². The predicted octanol–water partition coefficient (Wildman–Crippen LogP) is 2.46. The Morgan fingerprint density at radius 3 is 2.73 bits per heavy atom. The lowest BCUT2D eigenvalue weighted by atomic mass is 10.1. The Morgan fingerprint density at radius 1 is 1.60 bits per heavy atom. The zero-order chi connectivity index (χ0) is 11.4. The van der Waals surface area contributed by atoms with E-state index in [1.165, 1.54) is 0 Å². The SMILES string of the molecule is C#CCN(C)c1ccc(C(C)O)c(Cl)c1. The monoisotopic (exact) mass is 223 g/mol. The summed E-state index contributed by atoms with van der Waals surface area (Å²) in [6.07, 6.45) is 4.67. The van der Waals surface area contributed by atoms with Gasteiger partial charge in [-0.25, -0.2) is 0 Å². The van der Waals surface area contributed by atoms with E-state index in [-0.39, 0.29) is 0 Å². The number of halogens is 1. The van der Waals surface area contributed by atoms with Gasteiger partial charge in [-0.15, -0.1) is 6.42 Å². The van der Waals surface area contributed by atoms with Crippen molar-refractivity contribution in [3.8, 4) is 12.3 Å². The Balaban J connectivity index is 2.97. The minimum absolute atomic E-state index is 0.532. The molecule has 0 aliphatic rings. The highest BCUT2D eigenvalue weighted by atomic mass is 35.5. The third-order valence-electron chi connectivity index (χ3n) is 2.20. The second kappa shape index (κ2) is 5.06. The molecule has 2 nitrogen and oxygen atoms in total. The second-order valence-corrected chi connectivity index (χ2v) is 3.85. The molecule has 1 N–H and O–H groups in total. The van der Waals surface area contributed by atoms with Gasteiger partial charge in [-0.05, 0) is 24.6 Å². The molecule has 0 saturated carbocycles. The number of aliphatic hydroxyl groups is 1. The number of benzene rings is 1. The van der Waals surface area contributed by atoms with Crippen LogP contribution in [0, 0.1) is 12.3 Å². The molecule has 15 heavy (non-hydrogen) atoms. The topological polar surface area (TPSA) is 23.5 Å². The van der Waals surface area contributed by atoms with Crippen molar-refractivity contribution in [1.82, 2.24) is 0 Å². The van der Waals surface area contributed by atoms with Gasteiger partial charge in [0.05, 0.1) is 12.6 Å². The van der Waals surface area contributed by atoms with Crippen molar-refractivity contribution in [3.05, 3.63) is 28.8 Å². The zero-order valence-electron chi connectivity index (χ0n) is 8.87. The number of hydrogen-bond donors (Lipinski definition) is 1. The maximum Gasteiger partial charge on any atom is 0.0788 e. The van der Waals surface area contributed by atoms with Crippen LogP contribution in [0.3, 0.4) is 0 Å². The highest BCUT2D eigenvalue weighted by molar-refractivity contribution is 6.31. The molecule has 0 aliphatic carbocycles. The number of terminal acetylenes is 1. The van der Waals surface area contributed by atoms with E-state index in [2.05, 4.69) is 5.92 Å². The molecule has 0 heterocycles. The van der Waals surface area contributed by atoms with Gasteiger partial charge in [0.25, 0.3) is 0 Å². The van der Waals surface area contributed by atoms with Crippen molar-refractivity contribution in [3.63, 3.8) is 0 Å². The van der Waals surface area contributed by atoms with Gasteiger partial charge < -0.3 is 10.0 Å². The van der Waals surface area contributed by atoms with E-state index in [9.17, 15) is 5.11 Å². The van der Waals surface area contributed by atoms with Crippen LogP contribution in [0.5, 0.6) is 0 Å². The molecule has 0 spiro atoms. The van der Waals surface area contributed by atoms with Crippen LogP contribution >= 0.6 is 11.6 Å². The van der Waals surface area contributed by atoms with Crippen LogP contribution < -0.4 is 4.90 Å². The summed E-state index contributed by atoms with van der Waals surface area (Å²) >= 11 is 6.03. The second-order valence-electron chi connectivity index (χ2n) is 3.44. The summed E-state index contributed by atoms with van der Waals surface area (Å²) in [5.74, 6) is 2.56. The third-order valence-corrected chi connectivity index (χ3v) is 2.53. The summed E-state index contributed by atoms with van der Waals surface area (Å²) < 4.78 is 0. The summed E-state index contributed by atoms with van der Waals surface area (Å²) in [4.78, 5) is 1.91. The lowest BCUT2D eigenvalue weighted by Crippen LogP contribution is -2.16. The highest BCUT2D eigenvalue weighted by Crippen LogP contribution is 2.27. The van der Waals surface area contributed by atoms with Gasteiger partial charge in [-0.2, -0.15) is 0 Å². The van der Waals surface area contributed by atoms with Crippen molar-refractivity contribution < 1.29 is 5.11 Å². The van der Waals surface area contributed by atoms with Crippen LogP contribution in [0.15, 0.2) is 18.2 Å². The van der Waals surface area contributed by atoms with Gasteiger partial charge in [0, 0.05) is 17.8 Å². The number of anilines is 1. The fourth-order valence-corrected chi connectivity index (χ4v) is 1.65. The Bertz CT molecular complexity index is 382. The molecular weight excluding hydrogens is 210 g/mol. The summed E-state index contributed by atoms with van der Waals surface area (Å²) in [6, 6.07) is 5.52. The normalized spacial score (nSPS) is 11.9. The molecule has 0 amide bonds. The largest absolute Gasteiger partial charge is 0.389 e. The van der Waals surface area contributed by atoms with E-state index in [1.54, 1.807) is 13.0 Å². The van der Waals surface area contributed by atoms with Crippen molar-refractivity contribution in [1.29, 1.82) is 0 Å². The summed E-state index contributed by atoms with van der Waals surface area (Å²) in [5, 5.41) is 9.97. The maximum absolute atomic E-state index is 9.41. The van der Waals surface area contributed by atoms with Crippen LogP contribution in [0.2, 0.25) is 5.02 Å². The molecule has 1 atom stereocenters. The summed E-state index contributed by atoms with van der Waals surface area (Å²) in [6.45, 7) is 2.22.